The maximum absolute atomic E-state index is 11.5. The number of nitrogens with zero attached hydrogens (tertiary/aromatic N) is 1. The summed E-state index contributed by atoms with van der Waals surface area (Å²) >= 11 is 0. The molecule has 0 radical (unpaired) electrons. The molecule has 0 saturated heterocycles. The van der Waals surface area contributed by atoms with Gasteiger partial charge in [0, 0.05) is 12.6 Å². The lowest BCUT2D eigenvalue weighted by atomic mass is 9.80. The predicted molar refractivity (Wildman–Crippen MR) is 54.1 cm³/mol. The number of aromatic amines is 1. The summed E-state index contributed by atoms with van der Waals surface area (Å²) in [5.74, 6) is -0.0120. The molecule has 1 aromatic heterocycles. The van der Waals surface area contributed by atoms with E-state index in [0.717, 1.165) is 19.3 Å². The number of hydrogen-bond acceptors (Lipinski definition) is 4. The molecule has 6 nitrogen and oxygen atoms in total. The van der Waals surface area contributed by atoms with Gasteiger partial charge in [-0.15, -0.1) is 0 Å². The largest absolute Gasteiger partial charge is 0.388 e. The number of aromatic nitrogens is 2. The molecule has 0 unspecified atom stereocenters. The predicted octanol–water partition coefficient (Wildman–Crippen LogP) is -0.363. The van der Waals surface area contributed by atoms with Gasteiger partial charge in [-0.2, -0.15) is 5.10 Å². The molecule has 6 heteroatoms. The van der Waals surface area contributed by atoms with Crippen LogP contribution in [0.3, 0.4) is 0 Å². The van der Waals surface area contributed by atoms with E-state index in [1.54, 1.807) is 0 Å². The molecule has 0 spiro atoms. The number of rotatable bonds is 3. The van der Waals surface area contributed by atoms with Crippen molar-refractivity contribution in [3.8, 4) is 0 Å². The number of hydrogen-bond donors (Lipinski definition) is 4. The zero-order valence-corrected chi connectivity index (χ0v) is 8.29. The highest BCUT2D eigenvalue weighted by atomic mass is 16.3. The Kier molecular flexibility index (Phi) is 2.36. The number of H-pyrrole nitrogens is 1. The average molecular weight is 210 g/mol. The van der Waals surface area contributed by atoms with Crippen molar-refractivity contribution in [1.82, 2.24) is 15.5 Å². The minimum absolute atomic E-state index is 0.280. The Balaban J connectivity index is 1.87. The number of nitrogens with one attached hydrogen (secondary N) is 2. The number of anilines is 1. The van der Waals surface area contributed by atoms with Crippen molar-refractivity contribution in [2.75, 3.05) is 12.3 Å². The summed E-state index contributed by atoms with van der Waals surface area (Å²) < 4.78 is 0. The maximum Gasteiger partial charge on any atom is 0.269 e. The van der Waals surface area contributed by atoms with Gasteiger partial charge in [0.25, 0.3) is 5.91 Å². The highest BCUT2D eigenvalue weighted by Crippen LogP contribution is 2.30. The lowest BCUT2D eigenvalue weighted by Crippen LogP contribution is -2.47. The molecule has 1 saturated carbocycles. The van der Waals surface area contributed by atoms with Gasteiger partial charge in [-0.05, 0) is 19.3 Å². The molecule has 82 valence electrons. The van der Waals surface area contributed by atoms with Gasteiger partial charge in [0.15, 0.2) is 0 Å². The third-order valence-electron chi connectivity index (χ3n) is 2.70. The van der Waals surface area contributed by atoms with Crippen molar-refractivity contribution in [3.63, 3.8) is 0 Å². The van der Waals surface area contributed by atoms with E-state index in [1.807, 2.05) is 0 Å². The van der Waals surface area contributed by atoms with E-state index in [9.17, 15) is 9.90 Å². The normalized spacial score (nSPS) is 18.2. The minimum Gasteiger partial charge on any atom is -0.388 e. The van der Waals surface area contributed by atoms with E-state index in [0.29, 0.717) is 5.69 Å². The number of aliphatic hydroxyl groups is 1. The van der Waals surface area contributed by atoms with Crippen LogP contribution in [0.5, 0.6) is 0 Å². The molecule has 1 aromatic rings. The van der Waals surface area contributed by atoms with E-state index in [2.05, 4.69) is 15.5 Å². The first-order valence-corrected chi connectivity index (χ1v) is 4.91. The summed E-state index contributed by atoms with van der Waals surface area (Å²) in [7, 11) is 0. The van der Waals surface area contributed by atoms with Gasteiger partial charge in [0.05, 0.1) is 5.60 Å². The van der Waals surface area contributed by atoms with Crippen LogP contribution in [0.15, 0.2) is 6.07 Å². The first-order valence-electron chi connectivity index (χ1n) is 4.91. The van der Waals surface area contributed by atoms with Crippen molar-refractivity contribution in [1.29, 1.82) is 0 Å². The average Bonchev–Trinajstić information content (AvgIpc) is 2.58. The van der Waals surface area contributed by atoms with Crippen molar-refractivity contribution in [2.24, 2.45) is 0 Å². The lowest BCUT2D eigenvalue weighted by Gasteiger charge is -2.36. The topological polar surface area (TPSA) is 104 Å². The van der Waals surface area contributed by atoms with Crippen molar-refractivity contribution >= 4 is 11.7 Å². The molecule has 1 amide bonds. The summed E-state index contributed by atoms with van der Waals surface area (Å²) in [6.07, 6.45) is 2.51. The Morgan fingerprint density at radius 2 is 2.47 bits per heavy atom. The minimum atomic E-state index is -0.707. The van der Waals surface area contributed by atoms with E-state index >= 15 is 0 Å². The Hall–Kier alpha value is -1.56. The molecule has 0 bridgehead atoms. The van der Waals surface area contributed by atoms with Crippen LogP contribution in [-0.4, -0.2) is 33.4 Å². The molecule has 1 fully saturated rings. The van der Waals surface area contributed by atoms with E-state index in [1.165, 1.54) is 6.07 Å². The standard InChI is InChI=1S/C9H14N4O2/c10-7-4-6(12-13-7)8(14)11-5-9(15)2-1-3-9/h4,15H,1-3,5H2,(H,11,14)(H3,10,12,13). The molecular formula is C9H14N4O2. The quantitative estimate of drug-likeness (QED) is 0.546. The van der Waals surface area contributed by atoms with Gasteiger partial charge >= 0.3 is 0 Å². The second-order valence-corrected chi connectivity index (χ2v) is 3.97. The molecule has 0 aromatic carbocycles. The summed E-state index contributed by atoms with van der Waals surface area (Å²) in [5, 5.41) is 18.5. The maximum atomic E-state index is 11.5. The summed E-state index contributed by atoms with van der Waals surface area (Å²) in [6, 6.07) is 1.46. The van der Waals surface area contributed by atoms with Crippen LogP contribution in [0.2, 0.25) is 0 Å². The van der Waals surface area contributed by atoms with Crippen LogP contribution in [-0.2, 0) is 0 Å². The van der Waals surface area contributed by atoms with Crippen molar-refractivity contribution < 1.29 is 9.90 Å². The molecule has 0 atom stereocenters. The Labute approximate surface area is 86.9 Å². The molecule has 1 aliphatic carbocycles. The fraction of sp³-hybridized carbons (Fsp3) is 0.556. The van der Waals surface area contributed by atoms with Crippen LogP contribution in [0.4, 0.5) is 5.82 Å². The number of carbonyl (C=O) groups excluding carboxylic acids is 1. The third kappa shape index (κ3) is 2.10. The second kappa shape index (κ2) is 3.54. The molecule has 15 heavy (non-hydrogen) atoms. The smallest absolute Gasteiger partial charge is 0.269 e. The second-order valence-electron chi connectivity index (χ2n) is 3.97. The summed E-state index contributed by atoms with van der Waals surface area (Å²) in [5.41, 5.74) is 4.97. The van der Waals surface area contributed by atoms with Crippen LogP contribution in [0.1, 0.15) is 29.8 Å². The van der Waals surface area contributed by atoms with E-state index < -0.39 is 5.60 Å². The number of amides is 1. The van der Waals surface area contributed by atoms with Gasteiger partial charge in [-0.1, -0.05) is 0 Å². The summed E-state index contributed by atoms with van der Waals surface area (Å²) in [4.78, 5) is 11.5. The molecule has 5 N–H and O–H groups in total. The van der Waals surface area contributed by atoms with Crippen LogP contribution < -0.4 is 11.1 Å². The first kappa shape index (κ1) is 9.97. The van der Waals surface area contributed by atoms with Gasteiger partial charge in [0.2, 0.25) is 0 Å². The fourth-order valence-electron chi connectivity index (χ4n) is 1.56. The van der Waals surface area contributed by atoms with Crippen molar-refractivity contribution in [2.45, 2.75) is 24.9 Å². The zero-order valence-electron chi connectivity index (χ0n) is 8.29. The van der Waals surface area contributed by atoms with E-state index in [-0.39, 0.29) is 18.3 Å². The van der Waals surface area contributed by atoms with Gasteiger partial charge in [-0.3, -0.25) is 9.89 Å². The van der Waals surface area contributed by atoms with Crippen molar-refractivity contribution in [3.05, 3.63) is 11.8 Å². The lowest BCUT2D eigenvalue weighted by molar-refractivity contribution is -0.0300. The number of carbonyl (C=O) groups is 1. The Morgan fingerprint density at radius 3 is 2.93 bits per heavy atom. The number of nitrogens with two attached hydrogens (primary N) is 1. The van der Waals surface area contributed by atoms with Crippen LogP contribution in [0.25, 0.3) is 0 Å². The van der Waals surface area contributed by atoms with E-state index in [4.69, 9.17) is 5.73 Å². The molecule has 1 heterocycles. The van der Waals surface area contributed by atoms with Gasteiger partial charge in [0.1, 0.15) is 11.5 Å². The highest BCUT2D eigenvalue weighted by molar-refractivity contribution is 5.92. The Bertz CT molecular complexity index is 370. The third-order valence-corrected chi connectivity index (χ3v) is 2.70. The summed E-state index contributed by atoms with van der Waals surface area (Å²) in [6.45, 7) is 0.282. The highest BCUT2D eigenvalue weighted by Gasteiger charge is 2.34. The monoisotopic (exact) mass is 210 g/mol. The Morgan fingerprint density at radius 1 is 1.73 bits per heavy atom. The molecule has 0 aliphatic heterocycles. The van der Waals surface area contributed by atoms with Crippen LogP contribution >= 0.6 is 0 Å². The fourth-order valence-corrected chi connectivity index (χ4v) is 1.56. The molecular weight excluding hydrogens is 196 g/mol. The van der Waals surface area contributed by atoms with Gasteiger partial charge in [-0.25, -0.2) is 0 Å². The number of nitrogen functional groups attached to an aromatic ring is 1. The molecule has 2 rings (SSSR count). The van der Waals surface area contributed by atoms with Crippen LogP contribution in [0, 0.1) is 0 Å². The SMILES string of the molecule is Nc1cc(C(=O)NCC2(O)CCC2)[nH]n1. The first-order chi connectivity index (χ1) is 7.09. The molecule has 1 aliphatic rings. The zero-order chi connectivity index (χ0) is 10.9. The van der Waals surface area contributed by atoms with Gasteiger partial charge < -0.3 is 16.2 Å².